The topological polar surface area (TPSA) is 61.4 Å². The number of halogens is 1. The lowest BCUT2D eigenvalue weighted by Crippen LogP contribution is -2.35. The second-order valence-electron chi connectivity index (χ2n) is 10.6. The molecule has 0 radical (unpaired) electrons. The summed E-state index contributed by atoms with van der Waals surface area (Å²) >= 11 is 5.96. The molecule has 1 fully saturated rings. The second-order valence-corrected chi connectivity index (χ2v) is 11.0. The molecule has 2 N–H and O–H groups in total. The van der Waals surface area contributed by atoms with Crippen LogP contribution < -0.4 is 4.74 Å². The number of aryl methyl sites for hydroxylation is 2. The number of aliphatic hydroxyl groups is 1. The fourth-order valence-corrected chi connectivity index (χ4v) is 5.68. The van der Waals surface area contributed by atoms with E-state index in [0.29, 0.717) is 11.6 Å². The van der Waals surface area contributed by atoms with Crippen LogP contribution in [0.3, 0.4) is 0 Å². The van der Waals surface area contributed by atoms with Crippen molar-refractivity contribution in [1.82, 2.24) is 14.9 Å². The third-order valence-electron chi connectivity index (χ3n) is 7.93. The van der Waals surface area contributed by atoms with Crippen molar-refractivity contribution in [2.24, 2.45) is 5.92 Å². The first-order chi connectivity index (χ1) is 18.5. The van der Waals surface area contributed by atoms with E-state index in [1.807, 2.05) is 54.6 Å². The van der Waals surface area contributed by atoms with E-state index in [9.17, 15) is 5.11 Å². The Labute approximate surface area is 230 Å². The van der Waals surface area contributed by atoms with E-state index in [0.717, 1.165) is 66.6 Å². The summed E-state index contributed by atoms with van der Waals surface area (Å²) < 4.78 is 5.87. The normalized spacial score (nSPS) is 15.7. The van der Waals surface area contributed by atoms with E-state index in [4.69, 9.17) is 21.3 Å². The fourth-order valence-electron chi connectivity index (χ4n) is 5.55. The number of nitrogens with one attached hydrogen (secondary N) is 1. The first-order valence-electron chi connectivity index (χ1n) is 13.9. The first-order valence-corrected chi connectivity index (χ1v) is 14.2. The number of fused-ring (bicyclic) bond motifs is 1. The van der Waals surface area contributed by atoms with Gasteiger partial charge in [0.2, 0.25) is 0 Å². The number of aliphatic hydroxyl groups excluding tert-OH is 1. The molecule has 1 atom stereocenters. The van der Waals surface area contributed by atoms with Crippen molar-refractivity contribution in [3.8, 4) is 5.75 Å². The molecule has 4 aromatic rings. The number of piperidine rings is 1. The molecule has 5 rings (SSSR count). The molecule has 0 amide bonds. The molecule has 1 aliphatic rings. The smallest absolute Gasteiger partial charge is 0.146 e. The van der Waals surface area contributed by atoms with E-state index < -0.39 is 0 Å². The number of aromatic nitrogens is 2. The Bertz CT molecular complexity index is 1300. The molecule has 200 valence electrons. The molecule has 0 aliphatic carbocycles. The van der Waals surface area contributed by atoms with Gasteiger partial charge in [-0.15, -0.1) is 0 Å². The molecule has 3 aromatic carbocycles. The summed E-state index contributed by atoms with van der Waals surface area (Å²) in [6, 6.07) is 21.8. The fraction of sp³-hybridized carbons (Fsp3) is 0.406. The molecule has 6 heteroatoms. The summed E-state index contributed by atoms with van der Waals surface area (Å²) in [6.45, 7) is 5.84. The third-order valence-corrected chi connectivity index (χ3v) is 8.18. The van der Waals surface area contributed by atoms with Crippen LogP contribution in [-0.4, -0.2) is 39.6 Å². The Morgan fingerprint density at radius 2 is 1.82 bits per heavy atom. The van der Waals surface area contributed by atoms with Gasteiger partial charge in [0.25, 0.3) is 0 Å². The largest absolute Gasteiger partial charge is 0.486 e. The highest BCUT2D eigenvalue weighted by atomic mass is 35.5. The predicted molar refractivity (Wildman–Crippen MR) is 155 cm³/mol. The van der Waals surface area contributed by atoms with Crippen LogP contribution in [0.2, 0.25) is 5.02 Å². The van der Waals surface area contributed by atoms with Crippen LogP contribution in [0.25, 0.3) is 11.0 Å². The van der Waals surface area contributed by atoms with Crippen LogP contribution in [0.4, 0.5) is 0 Å². The summed E-state index contributed by atoms with van der Waals surface area (Å²) in [4.78, 5) is 10.8. The number of hydrogen-bond donors (Lipinski definition) is 2. The molecule has 2 heterocycles. The van der Waals surface area contributed by atoms with Crippen molar-refractivity contribution in [3.63, 3.8) is 0 Å². The number of H-pyrrole nitrogens is 1. The number of benzene rings is 3. The first kappa shape index (κ1) is 26.7. The van der Waals surface area contributed by atoms with Gasteiger partial charge < -0.3 is 19.7 Å². The molecule has 1 saturated heterocycles. The molecule has 1 unspecified atom stereocenters. The second kappa shape index (κ2) is 12.8. The van der Waals surface area contributed by atoms with Gasteiger partial charge in [-0.3, -0.25) is 0 Å². The molecule has 1 aliphatic heterocycles. The van der Waals surface area contributed by atoms with E-state index in [1.165, 1.54) is 36.8 Å². The number of imidazole rings is 1. The van der Waals surface area contributed by atoms with Gasteiger partial charge in [0.15, 0.2) is 0 Å². The Kier molecular flexibility index (Phi) is 9.00. The van der Waals surface area contributed by atoms with Crippen molar-refractivity contribution in [2.75, 3.05) is 19.6 Å². The molecule has 1 aromatic heterocycles. The van der Waals surface area contributed by atoms with Gasteiger partial charge in [-0.2, -0.15) is 0 Å². The monoisotopic (exact) mass is 531 g/mol. The zero-order valence-electron chi connectivity index (χ0n) is 22.2. The Morgan fingerprint density at radius 1 is 1.05 bits per heavy atom. The van der Waals surface area contributed by atoms with Crippen LogP contribution in [0, 0.1) is 12.8 Å². The number of ether oxygens (including phenoxy) is 1. The van der Waals surface area contributed by atoms with Gasteiger partial charge in [-0.25, -0.2) is 4.98 Å². The van der Waals surface area contributed by atoms with Gasteiger partial charge in [-0.05, 0) is 105 Å². The van der Waals surface area contributed by atoms with Crippen LogP contribution in [0.5, 0.6) is 5.75 Å². The molecular formula is C32H38ClN3O2. The van der Waals surface area contributed by atoms with Crippen molar-refractivity contribution in [3.05, 3.63) is 94.3 Å². The Balaban J connectivity index is 1.05. The summed E-state index contributed by atoms with van der Waals surface area (Å²) in [7, 11) is 0. The van der Waals surface area contributed by atoms with Gasteiger partial charge in [-0.1, -0.05) is 54.4 Å². The van der Waals surface area contributed by atoms with Crippen LogP contribution in [0.1, 0.15) is 60.7 Å². The average Bonchev–Trinajstić information content (AvgIpc) is 3.38. The number of nitrogens with zero attached hydrogens (tertiary/aromatic N) is 2. The van der Waals surface area contributed by atoms with E-state index in [1.54, 1.807) is 0 Å². The van der Waals surface area contributed by atoms with Crippen molar-refractivity contribution in [2.45, 2.75) is 58.2 Å². The summed E-state index contributed by atoms with van der Waals surface area (Å²) in [5, 5.41) is 11.2. The molecule has 5 nitrogen and oxygen atoms in total. The number of rotatable bonds is 11. The maximum absolute atomic E-state index is 10.5. The van der Waals surface area contributed by atoms with Crippen LogP contribution in [0.15, 0.2) is 66.7 Å². The number of hydrogen-bond acceptors (Lipinski definition) is 4. The van der Waals surface area contributed by atoms with E-state index >= 15 is 0 Å². The zero-order chi connectivity index (χ0) is 26.3. The lowest BCUT2D eigenvalue weighted by Gasteiger charge is -2.32. The average molecular weight is 532 g/mol. The van der Waals surface area contributed by atoms with Crippen molar-refractivity contribution >= 4 is 22.6 Å². The highest BCUT2D eigenvalue weighted by molar-refractivity contribution is 6.30. The Morgan fingerprint density at radius 3 is 2.58 bits per heavy atom. The van der Waals surface area contributed by atoms with E-state index in [-0.39, 0.29) is 6.10 Å². The molecule has 0 spiro atoms. The lowest BCUT2D eigenvalue weighted by atomic mass is 9.90. The summed E-state index contributed by atoms with van der Waals surface area (Å²) in [6.07, 6.45) is 6.54. The van der Waals surface area contributed by atoms with Gasteiger partial charge in [0.05, 0.1) is 17.1 Å². The highest BCUT2D eigenvalue weighted by Crippen LogP contribution is 2.27. The minimum absolute atomic E-state index is 0.365. The third kappa shape index (κ3) is 6.96. The van der Waals surface area contributed by atoms with Crippen LogP contribution >= 0.6 is 11.6 Å². The van der Waals surface area contributed by atoms with E-state index in [2.05, 4.69) is 28.9 Å². The molecule has 38 heavy (non-hydrogen) atoms. The minimum atomic E-state index is -0.365. The molecular weight excluding hydrogens is 494 g/mol. The van der Waals surface area contributed by atoms with Crippen molar-refractivity contribution < 1.29 is 9.84 Å². The number of likely N-dealkylation sites (tertiary alicyclic amines) is 1. The standard InChI is InChI=1S/C32H38ClN3O2/c1-23-25(10-15-29-32(23)35-31(34-29)22-38-28-13-11-27(33)12-14-28)9-5-6-24-16-19-36(20-17-24)21-18-30(37)26-7-3-2-4-8-26/h2-4,7-8,10-15,24,30,37H,5-6,9,16-22H2,1H3,(H,34,35). The highest BCUT2D eigenvalue weighted by Gasteiger charge is 2.20. The predicted octanol–water partition coefficient (Wildman–Crippen LogP) is 7.26. The zero-order valence-corrected chi connectivity index (χ0v) is 23.0. The molecule has 0 bridgehead atoms. The van der Waals surface area contributed by atoms with Gasteiger partial charge >= 0.3 is 0 Å². The maximum Gasteiger partial charge on any atom is 0.146 e. The summed E-state index contributed by atoms with van der Waals surface area (Å²) in [5.41, 5.74) is 5.78. The lowest BCUT2D eigenvalue weighted by molar-refractivity contribution is 0.121. The minimum Gasteiger partial charge on any atom is -0.486 e. The molecule has 0 saturated carbocycles. The summed E-state index contributed by atoms with van der Waals surface area (Å²) in [5.74, 6) is 2.41. The SMILES string of the molecule is Cc1c(CCCC2CCN(CCC(O)c3ccccc3)CC2)ccc2[nH]c(COc3ccc(Cl)cc3)nc12. The quantitative estimate of drug-likeness (QED) is 0.214. The van der Waals surface area contributed by atoms with Gasteiger partial charge in [0.1, 0.15) is 18.2 Å². The van der Waals surface area contributed by atoms with Crippen LogP contribution in [-0.2, 0) is 13.0 Å². The van der Waals surface area contributed by atoms with Crippen molar-refractivity contribution in [1.29, 1.82) is 0 Å². The van der Waals surface area contributed by atoms with Gasteiger partial charge in [0, 0.05) is 11.6 Å². The Hall–Kier alpha value is -2.86. The number of aromatic amines is 1. The maximum atomic E-state index is 10.5.